The summed E-state index contributed by atoms with van der Waals surface area (Å²) in [6, 6.07) is 2.02. The van der Waals surface area contributed by atoms with Gasteiger partial charge >= 0.3 is 5.97 Å². The number of carbonyl (C=O) groups excluding carboxylic acids is 2. The topological polar surface area (TPSA) is 95.6 Å². The molecule has 10 heteroatoms. The Morgan fingerprint density at radius 3 is 2.71 bits per heavy atom. The van der Waals surface area contributed by atoms with Gasteiger partial charge in [-0.3, -0.25) is 23.9 Å². The standard InChI is InChI=1S/C24H30N4O4S2/c1-6-32-23(31)16-8-7-9-27(13-16)20-17(15(4)18(11-25)21(29)26(20)5)10-19-22(30)28(12-14(2)3)24(33)34-19/h10,14,16H,6-9,12-13H2,1-5H3/b19-10-. The first-order valence-electron chi connectivity index (χ1n) is 11.4. The molecule has 0 spiro atoms. The summed E-state index contributed by atoms with van der Waals surface area (Å²) in [5.74, 6) is 0.111. The number of anilines is 1. The fourth-order valence-corrected chi connectivity index (χ4v) is 5.63. The molecule has 2 aliphatic rings. The van der Waals surface area contributed by atoms with E-state index in [1.807, 2.05) is 24.8 Å². The van der Waals surface area contributed by atoms with Crippen molar-refractivity contribution in [3.8, 4) is 6.07 Å². The number of ether oxygens (including phenoxy) is 1. The van der Waals surface area contributed by atoms with Crippen LogP contribution in [-0.4, -0.2) is 51.9 Å². The molecule has 1 aromatic heterocycles. The Bertz CT molecular complexity index is 1150. The van der Waals surface area contributed by atoms with Crippen molar-refractivity contribution < 1.29 is 14.3 Å². The predicted molar refractivity (Wildman–Crippen MR) is 137 cm³/mol. The second-order valence-electron chi connectivity index (χ2n) is 8.94. The number of hydrogen-bond acceptors (Lipinski definition) is 8. The van der Waals surface area contributed by atoms with Gasteiger partial charge in [-0.1, -0.05) is 37.8 Å². The van der Waals surface area contributed by atoms with Crippen LogP contribution >= 0.6 is 24.0 Å². The molecule has 182 valence electrons. The summed E-state index contributed by atoms with van der Waals surface area (Å²) >= 11 is 6.67. The van der Waals surface area contributed by atoms with E-state index < -0.39 is 5.56 Å². The molecule has 1 atom stereocenters. The van der Waals surface area contributed by atoms with Crippen molar-refractivity contribution in [2.75, 3.05) is 31.1 Å². The number of thiocarbonyl (C=S) groups is 1. The highest BCUT2D eigenvalue weighted by atomic mass is 32.2. The fourth-order valence-electron chi connectivity index (χ4n) is 4.37. The third kappa shape index (κ3) is 5.05. The number of nitriles is 1. The zero-order valence-corrected chi connectivity index (χ0v) is 21.8. The number of carbonyl (C=O) groups is 2. The summed E-state index contributed by atoms with van der Waals surface area (Å²) in [4.78, 5) is 42.6. The molecule has 0 radical (unpaired) electrons. The fraction of sp³-hybridized carbons (Fsp3) is 0.542. The second-order valence-corrected chi connectivity index (χ2v) is 10.6. The van der Waals surface area contributed by atoms with Crippen LogP contribution in [0.15, 0.2) is 9.70 Å². The van der Waals surface area contributed by atoms with E-state index in [0.717, 1.165) is 6.42 Å². The highest BCUT2D eigenvalue weighted by Gasteiger charge is 2.34. The number of amides is 1. The van der Waals surface area contributed by atoms with E-state index in [0.29, 0.717) is 58.8 Å². The molecule has 1 amide bonds. The van der Waals surface area contributed by atoms with E-state index in [4.69, 9.17) is 17.0 Å². The van der Waals surface area contributed by atoms with E-state index in [-0.39, 0.29) is 29.3 Å². The Kier molecular flexibility index (Phi) is 8.21. The quantitative estimate of drug-likeness (QED) is 0.332. The van der Waals surface area contributed by atoms with Gasteiger partial charge in [0.25, 0.3) is 11.5 Å². The maximum atomic E-state index is 13.1. The normalized spacial score (nSPS) is 19.8. The van der Waals surface area contributed by atoms with Crippen molar-refractivity contribution in [3.05, 3.63) is 31.9 Å². The second kappa shape index (κ2) is 10.7. The van der Waals surface area contributed by atoms with Crippen LogP contribution in [0.1, 0.15) is 50.3 Å². The molecule has 2 fully saturated rings. The Morgan fingerprint density at radius 1 is 1.38 bits per heavy atom. The molecule has 2 aliphatic heterocycles. The van der Waals surface area contributed by atoms with Crippen LogP contribution in [0.2, 0.25) is 0 Å². The van der Waals surface area contributed by atoms with Gasteiger partial charge in [0.05, 0.1) is 17.4 Å². The molecule has 1 unspecified atom stereocenters. The van der Waals surface area contributed by atoms with Crippen LogP contribution in [0.3, 0.4) is 0 Å². The van der Waals surface area contributed by atoms with Gasteiger partial charge in [-0.2, -0.15) is 5.26 Å². The molecule has 8 nitrogen and oxygen atoms in total. The highest BCUT2D eigenvalue weighted by molar-refractivity contribution is 8.26. The summed E-state index contributed by atoms with van der Waals surface area (Å²) in [5, 5.41) is 9.66. The van der Waals surface area contributed by atoms with Gasteiger partial charge in [0.2, 0.25) is 0 Å². The SMILES string of the molecule is CCOC(=O)C1CCCN(c2c(/C=C3\SC(=S)N(CC(C)C)C3=O)c(C)c(C#N)c(=O)n2C)C1. The monoisotopic (exact) mass is 502 g/mol. The molecular weight excluding hydrogens is 472 g/mol. The molecule has 34 heavy (non-hydrogen) atoms. The van der Waals surface area contributed by atoms with Crippen molar-refractivity contribution in [2.24, 2.45) is 18.9 Å². The summed E-state index contributed by atoms with van der Waals surface area (Å²) in [5.41, 5.74) is 0.757. The number of esters is 1. The largest absolute Gasteiger partial charge is 0.466 e. The van der Waals surface area contributed by atoms with Crippen LogP contribution in [0.25, 0.3) is 6.08 Å². The van der Waals surface area contributed by atoms with Crippen LogP contribution in [-0.2, 0) is 21.4 Å². The molecule has 2 saturated heterocycles. The van der Waals surface area contributed by atoms with E-state index >= 15 is 0 Å². The van der Waals surface area contributed by atoms with Gasteiger partial charge in [-0.05, 0) is 44.2 Å². The Balaban J connectivity index is 2.12. The van der Waals surface area contributed by atoms with Gasteiger partial charge in [0.15, 0.2) is 0 Å². The number of thioether (sulfide) groups is 1. The number of pyridine rings is 1. The number of rotatable bonds is 6. The summed E-state index contributed by atoms with van der Waals surface area (Å²) < 4.78 is 7.17. The summed E-state index contributed by atoms with van der Waals surface area (Å²) in [6.07, 6.45) is 3.20. The number of piperidine rings is 1. The molecule has 0 aliphatic carbocycles. The van der Waals surface area contributed by atoms with Gasteiger partial charge in [0, 0.05) is 32.2 Å². The smallest absolute Gasteiger partial charge is 0.310 e. The third-order valence-electron chi connectivity index (χ3n) is 6.01. The zero-order valence-electron chi connectivity index (χ0n) is 20.2. The number of nitrogens with zero attached hydrogens (tertiary/aromatic N) is 4. The van der Waals surface area contributed by atoms with E-state index in [2.05, 4.69) is 0 Å². The van der Waals surface area contributed by atoms with E-state index in [9.17, 15) is 19.6 Å². The van der Waals surface area contributed by atoms with Crippen molar-refractivity contribution in [1.82, 2.24) is 9.47 Å². The van der Waals surface area contributed by atoms with Crippen molar-refractivity contribution in [3.63, 3.8) is 0 Å². The minimum atomic E-state index is -0.405. The average Bonchev–Trinajstić information content (AvgIpc) is 3.05. The Hall–Kier alpha value is -2.64. The molecular formula is C24H30N4O4S2. The highest BCUT2D eigenvalue weighted by Crippen LogP contribution is 2.37. The first kappa shape index (κ1) is 26.0. The number of hydrogen-bond donors (Lipinski definition) is 0. The molecule has 0 saturated carbocycles. The Labute approximate surface area is 209 Å². The lowest BCUT2D eigenvalue weighted by molar-refractivity contribution is -0.148. The molecule has 3 heterocycles. The van der Waals surface area contributed by atoms with Gasteiger partial charge in [-0.15, -0.1) is 0 Å². The maximum Gasteiger partial charge on any atom is 0.310 e. The maximum absolute atomic E-state index is 13.1. The minimum Gasteiger partial charge on any atom is -0.466 e. The average molecular weight is 503 g/mol. The molecule has 0 N–H and O–H groups in total. The molecule has 0 aromatic carbocycles. The predicted octanol–water partition coefficient (Wildman–Crippen LogP) is 3.20. The van der Waals surface area contributed by atoms with Gasteiger partial charge in [0.1, 0.15) is 21.8 Å². The first-order chi connectivity index (χ1) is 16.1. The van der Waals surface area contributed by atoms with Crippen LogP contribution < -0.4 is 10.5 Å². The molecule has 3 rings (SSSR count). The minimum absolute atomic E-state index is 0.0362. The summed E-state index contributed by atoms with van der Waals surface area (Å²) in [6.45, 7) is 9.41. The van der Waals surface area contributed by atoms with Crippen LogP contribution in [0.4, 0.5) is 5.82 Å². The lowest BCUT2D eigenvalue weighted by Crippen LogP contribution is -2.42. The van der Waals surface area contributed by atoms with Gasteiger partial charge < -0.3 is 9.64 Å². The molecule has 0 bridgehead atoms. The molecule has 1 aromatic rings. The van der Waals surface area contributed by atoms with E-state index in [1.165, 1.54) is 16.3 Å². The summed E-state index contributed by atoms with van der Waals surface area (Å²) in [7, 11) is 1.62. The van der Waals surface area contributed by atoms with Crippen molar-refractivity contribution >= 4 is 52.1 Å². The zero-order chi connectivity index (χ0) is 25.2. The van der Waals surface area contributed by atoms with Crippen molar-refractivity contribution in [1.29, 1.82) is 5.26 Å². The van der Waals surface area contributed by atoms with Crippen molar-refractivity contribution in [2.45, 2.75) is 40.5 Å². The van der Waals surface area contributed by atoms with Gasteiger partial charge in [-0.25, -0.2) is 0 Å². The Morgan fingerprint density at radius 2 is 2.09 bits per heavy atom. The van der Waals surface area contributed by atoms with E-state index in [1.54, 1.807) is 31.9 Å². The third-order valence-corrected chi connectivity index (χ3v) is 7.38. The van der Waals surface area contributed by atoms with Crippen LogP contribution in [0.5, 0.6) is 0 Å². The lowest BCUT2D eigenvalue weighted by Gasteiger charge is -2.35. The number of aromatic nitrogens is 1. The lowest BCUT2D eigenvalue weighted by atomic mass is 9.96. The van der Waals surface area contributed by atoms with Crippen LogP contribution in [0, 0.1) is 30.1 Å². The first-order valence-corrected chi connectivity index (χ1v) is 12.6.